The Kier molecular flexibility index (Phi) is 3.03. The van der Waals surface area contributed by atoms with Crippen LogP contribution in [0.1, 0.15) is 11.3 Å². The quantitative estimate of drug-likeness (QED) is 0.644. The van der Waals surface area contributed by atoms with E-state index in [0.717, 1.165) is 22.5 Å². The van der Waals surface area contributed by atoms with Crippen molar-refractivity contribution in [2.75, 3.05) is 5.32 Å². The molecule has 0 aliphatic heterocycles. The van der Waals surface area contributed by atoms with Gasteiger partial charge in [-0.1, -0.05) is 6.07 Å². The van der Waals surface area contributed by atoms with Crippen LogP contribution in [0.2, 0.25) is 0 Å². The van der Waals surface area contributed by atoms with Crippen molar-refractivity contribution in [3.05, 3.63) is 41.6 Å². The summed E-state index contributed by atoms with van der Waals surface area (Å²) in [5.74, 6) is 0. The molecule has 88 valence electrons. The van der Waals surface area contributed by atoms with Crippen LogP contribution in [0.25, 0.3) is 11.3 Å². The number of nitriles is 2. The Morgan fingerprint density at radius 1 is 1.17 bits per heavy atom. The molecule has 0 bridgehead atoms. The summed E-state index contributed by atoms with van der Waals surface area (Å²) in [6, 6.07) is 11.7. The van der Waals surface area contributed by atoms with Crippen molar-refractivity contribution >= 4 is 5.69 Å². The third-order valence-corrected chi connectivity index (χ3v) is 2.95. The highest BCUT2D eigenvalue weighted by Gasteiger charge is 2.07. The van der Waals surface area contributed by atoms with Gasteiger partial charge in [0.25, 0.3) is 0 Å². The Morgan fingerprint density at radius 3 is 2.50 bits per heavy atom. The Balaban J connectivity index is 2.47. The summed E-state index contributed by atoms with van der Waals surface area (Å²) in [6.07, 6.45) is 1.91. The molecule has 0 amide bonds. The van der Waals surface area contributed by atoms with Crippen molar-refractivity contribution in [2.45, 2.75) is 6.92 Å². The molecule has 0 fully saturated rings. The van der Waals surface area contributed by atoms with Crippen molar-refractivity contribution in [2.24, 2.45) is 7.05 Å². The van der Waals surface area contributed by atoms with E-state index in [1.54, 1.807) is 6.07 Å². The normalized spacial score (nSPS) is 9.56. The van der Waals surface area contributed by atoms with Gasteiger partial charge in [-0.2, -0.15) is 10.5 Å². The molecule has 4 nitrogen and oxygen atoms in total. The third kappa shape index (κ3) is 1.92. The molecule has 4 heteroatoms. The van der Waals surface area contributed by atoms with Crippen LogP contribution in [0, 0.1) is 29.7 Å². The number of anilines is 1. The molecule has 0 saturated carbocycles. The molecular weight excluding hydrogens is 224 g/mol. The maximum Gasteiger partial charge on any atom is 0.181 e. The van der Waals surface area contributed by atoms with E-state index in [0.29, 0.717) is 5.69 Å². The first-order valence-corrected chi connectivity index (χ1v) is 5.49. The van der Waals surface area contributed by atoms with Gasteiger partial charge < -0.3 is 4.57 Å². The maximum absolute atomic E-state index is 8.93. The summed E-state index contributed by atoms with van der Waals surface area (Å²) >= 11 is 0. The fourth-order valence-electron chi connectivity index (χ4n) is 1.94. The van der Waals surface area contributed by atoms with E-state index in [9.17, 15) is 0 Å². The van der Waals surface area contributed by atoms with Crippen molar-refractivity contribution in [3.63, 3.8) is 0 Å². The molecule has 0 saturated heterocycles. The zero-order valence-electron chi connectivity index (χ0n) is 10.2. The van der Waals surface area contributed by atoms with Crippen LogP contribution in [0.5, 0.6) is 0 Å². The molecule has 2 aromatic rings. The Bertz CT molecular complexity index is 668. The second-order valence-corrected chi connectivity index (χ2v) is 4.04. The van der Waals surface area contributed by atoms with Crippen LogP contribution < -0.4 is 5.32 Å². The topological polar surface area (TPSA) is 64.5 Å². The number of benzene rings is 1. The molecule has 0 aliphatic carbocycles. The minimum absolute atomic E-state index is 0.627. The molecule has 0 radical (unpaired) electrons. The molecule has 0 atom stereocenters. The van der Waals surface area contributed by atoms with Crippen LogP contribution in [-0.4, -0.2) is 4.57 Å². The summed E-state index contributed by atoms with van der Waals surface area (Å²) in [5, 5.41) is 20.2. The first-order valence-electron chi connectivity index (χ1n) is 5.49. The van der Waals surface area contributed by atoms with Gasteiger partial charge in [0, 0.05) is 12.7 Å². The predicted molar refractivity (Wildman–Crippen MR) is 69.5 cm³/mol. The average Bonchev–Trinajstić information content (AvgIpc) is 2.73. The van der Waals surface area contributed by atoms with Gasteiger partial charge in [-0.05, 0) is 42.3 Å². The molecule has 1 N–H and O–H groups in total. The fourth-order valence-corrected chi connectivity index (χ4v) is 1.94. The van der Waals surface area contributed by atoms with E-state index < -0.39 is 0 Å². The standard InChI is InChI=1S/C14H12N4/c1-10-7-11(3-5-13(10)17-9-16)14-6-4-12(8-15)18(14)2/h3-7,17H,1-2H3. The van der Waals surface area contributed by atoms with E-state index >= 15 is 0 Å². The second kappa shape index (κ2) is 4.65. The number of rotatable bonds is 2. The first-order chi connectivity index (χ1) is 8.67. The van der Waals surface area contributed by atoms with Gasteiger partial charge in [0.2, 0.25) is 0 Å². The molecule has 2 rings (SSSR count). The van der Waals surface area contributed by atoms with Gasteiger partial charge in [0.15, 0.2) is 6.19 Å². The van der Waals surface area contributed by atoms with Gasteiger partial charge in [0.1, 0.15) is 11.8 Å². The number of nitrogens with zero attached hydrogens (tertiary/aromatic N) is 3. The van der Waals surface area contributed by atoms with Gasteiger partial charge in [-0.3, -0.25) is 5.32 Å². The van der Waals surface area contributed by atoms with Crippen LogP contribution in [0.4, 0.5) is 5.69 Å². The van der Waals surface area contributed by atoms with E-state index in [4.69, 9.17) is 10.5 Å². The lowest BCUT2D eigenvalue weighted by Crippen LogP contribution is -1.96. The highest BCUT2D eigenvalue weighted by Crippen LogP contribution is 2.25. The molecule has 1 aromatic carbocycles. The van der Waals surface area contributed by atoms with E-state index in [1.165, 1.54) is 0 Å². The molecule has 18 heavy (non-hydrogen) atoms. The van der Waals surface area contributed by atoms with Gasteiger partial charge in [-0.25, -0.2) is 0 Å². The molecular formula is C14H12N4. The van der Waals surface area contributed by atoms with Crippen molar-refractivity contribution in [3.8, 4) is 23.5 Å². The summed E-state index contributed by atoms with van der Waals surface area (Å²) in [5.41, 5.74) is 4.43. The van der Waals surface area contributed by atoms with Gasteiger partial charge in [-0.15, -0.1) is 0 Å². The van der Waals surface area contributed by atoms with Gasteiger partial charge in [0.05, 0.1) is 5.69 Å². The highest BCUT2D eigenvalue weighted by molar-refractivity contribution is 5.67. The predicted octanol–water partition coefficient (Wildman–Crippen LogP) is 2.77. The molecule has 0 aliphatic rings. The lowest BCUT2D eigenvalue weighted by Gasteiger charge is -2.08. The summed E-state index contributed by atoms with van der Waals surface area (Å²) < 4.78 is 1.85. The number of nitrogens with one attached hydrogen (secondary N) is 1. The summed E-state index contributed by atoms with van der Waals surface area (Å²) in [7, 11) is 1.87. The molecule has 0 unspecified atom stereocenters. The van der Waals surface area contributed by atoms with Crippen molar-refractivity contribution in [1.29, 1.82) is 10.5 Å². The molecule has 0 spiro atoms. The number of hydrogen-bond acceptors (Lipinski definition) is 3. The lowest BCUT2D eigenvalue weighted by atomic mass is 10.1. The highest BCUT2D eigenvalue weighted by atomic mass is 15.0. The zero-order valence-corrected chi connectivity index (χ0v) is 10.2. The van der Waals surface area contributed by atoms with E-state index in [-0.39, 0.29) is 0 Å². The largest absolute Gasteiger partial charge is 0.335 e. The van der Waals surface area contributed by atoms with Crippen molar-refractivity contribution in [1.82, 2.24) is 4.57 Å². The molecule has 1 heterocycles. The fraction of sp³-hybridized carbons (Fsp3) is 0.143. The van der Waals surface area contributed by atoms with Crippen LogP contribution in [-0.2, 0) is 7.05 Å². The Morgan fingerprint density at radius 2 is 1.94 bits per heavy atom. The second-order valence-electron chi connectivity index (χ2n) is 4.04. The number of hydrogen-bond donors (Lipinski definition) is 1. The lowest BCUT2D eigenvalue weighted by molar-refractivity contribution is 0.917. The average molecular weight is 236 g/mol. The Labute approximate surface area is 106 Å². The molecule has 1 aromatic heterocycles. The van der Waals surface area contributed by atoms with Crippen molar-refractivity contribution < 1.29 is 0 Å². The maximum atomic E-state index is 8.93. The number of aromatic nitrogens is 1. The van der Waals surface area contributed by atoms with Crippen LogP contribution in [0.15, 0.2) is 30.3 Å². The summed E-state index contributed by atoms with van der Waals surface area (Å²) in [6.45, 7) is 1.94. The van der Waals surface area contributed by atoms with E-state index in [1.807, 2.05) is 49.0 Å². The minimum Gasteiger partial charge on any atom is -0.335 e. The SMILES string of the molecule is Cc1cc(-c2ccc(C#N)n2C)ccc1NC#N. The zero-order chi connectivity index (χ0) is 13.1. The first kappa shape index (κ1) is 11.8. The third-order valence-electron chi connectivity index (χ3n) is 2.95. The summed E-state index contributed by atoms with van der Waals surface area (Å²) in [4.78, 5) is 0. The smallest absolute Gasteiger partial charge is 0.181 e. The minimum atomic E-state index is 0.627. The monoisotopic (exact) mass is 236 g/mol. The number of aryl methyl sites for hydroxylation is 1. The Hall–Kier alpha value is -2.72. The van der Waals surface area contributed by atoms with Crippen LogP contribution in [0.3, 0.4) is 0 Å². The van der Waals surface area contributed by atoms with E-state index in [2.05, 4.69) is 11.4 Å². The van der Waals surface area contributed by atoms with Crippen LogP contribution >= 0.6 is 0 Å². The van der Waals surface area contributed by atoms with Gasteiger partial charge >= 0.3 is 0 Å².